The minimum absolute atomic E-state index is 0.0545. The van der Waals surface area contributed by atoms with Crippen LogP contribution in [0.4, 0.5) is 17.1 Å². The summed E-state index contributed by atoms with van der Waals surface area (Å²) in [5.74, 6) is 0. The molecule has 0 spiro atoms. The fraction of sp³-hybridized carbons (Fsp3) is 0. The third kappa shape index (κ3) is 3.37. The van der Waals surface area contributed by atoms with Crippen LogP contribution in [0.5, 0.6) is 0 Å². The zero-order valence-electron chi connectivity index (χ0n) is 10.2. The van der Waals surface area contributed by atoms with Gasteiger partial charge in [0.05, 0.1) is 25.7 Å². The molecule has 0 amide bonds. The Morgan fingerprint density at radius 2 is 1.76 bits per heavy atom. The minimum Gasteiger partial charge on any atom is -0.354 e. The number of anilines is 2. The lowest BCUT2D eigenvalue weighted by Crippen LogP contribution is -1.96. The van der Waals surface area contributed by atoms with Crippen LogP contribution in [-0.4, -0.2) is 4.92 Å². The van der Waals surface area contributed by atoms with Gasteiger partial charge in [-0.05, 0) is 24.3 Å². The minimum atomic E-state index is -0.617. The van der Waals surface area contributed by atoms with Crippen LogP contribution in [0, 0.1) is 21.4 Å². The van der Waals surface area contributed by atoms with E-state index < -0.39 is 4.92 Å². The number of nitriles is 1. The van der Waals surface area contributed by atoms with Gasteiger partial charge in [-0.2, -0.15) is 5.26 Å². The van der Waals surface area contributed by atoms with Gasteiger partial charge in [0, 0.05) is 11.8 Å². The van der Waals surface area contributed by atoms with Crippen molar-refractivity contribution in [3.05, 3.63) is 61.1 Å². The molecule has 0 aliphatic rings. The summed E-state index contributed by atoms with van der Waals surface area (Å²) in [6, 6.07) is 8.85. The molecule has 0 saturated heterocycles. The van der Waals surface area contributed by atoms with E-state index in [-0.39, 0.29) is 11.3 Å². The van der Waals surface area contributed by atoms with E-state index in [4.69, 9.17) is 40.1 Å². The van der Waals surface area contributed by atoms with E-state index in [2.05, 4.69) is 5.32 Å². The van der Waals surface area contributed by atoms with Crippen molar-refractivity contribution >= 4 is 51.9 Å². The number of nitro benzene ring substituents is 1. The molecule has 8 heteroatoms. The molecule has 0 fully saturated rings. The predicted octanol–water partition coefficient (Wildman–Crippen LogP) is 5.17. The van der Waals surface area contributed by atoms with E-state index in [1.807, 2.05) is 0 Å². The highest BCUT2D eigenvalue weighted by Crippen LogP contribution is 2.34. The maximum Gasteiger partial charge on any atom is 0.287 e. The molecule has 0 aromatic heterocycles. The molecular weight excluding hydrogens is 337 g/mol. The highest BCUT2D eigenvalue weighted by atomic mass is 35.5. The van der Waals surface area contributed by atoms with Crippen molar-refractivity contribution < 1.29 is 4.92 Å². The summed E-state index contributed by atoms with van der Waals surface area (Å²) >= 11 is 17.8. The van der Waals surface area contributed by atoms with Gasteiger partial charge in [-0.3, -0.25) is 10.1 Å². The summed E-state index contributed by atoms with van der Waals surface area (Å²) in [4.78, 5) is 10.2. The zero-order chi connectivity index (χ0) is 15.6. The van der Waals surface area contributed by atoms with Gasteiger partial charge in [-0.1, -0.05) is 34.8 Å². The van der Waals surface area contributed by atoms with Crippen LogP contribution < -0.4 is 5.32 Å². The number of hydrogen-bond acceptors (Lipinski definition) is 4. The van der Waals surface area contributed by atoms with Crippen molar-refractivity contribution in [1.29, 1.82) is 5.26 Å². The molecule has 0 unspecified atom stereocenters. The van der Waals surface area contributed by atoms with E-state index in [0.717, 1.165) is 0 Å². The van der Waals surface area contributed by atoms with Crippen molar-refractivity contribution in [3.63, 3.8) is 0 Å². The van der Waals surface area contributed by atoms with Gasteiger partial charge in [0.1, 0.15) is 11.6 Å². The van der Waals surface area contributed by atoms with Crippen LogP contribution in [0.1, 0.15) is 5.56 Å². The van der Waals surface area contributed by atoms with E-state index in [0.29, 0.717) is 26.4 Å². The van der Waals surface area contributed by atoms with Crippen molar-refractivity contribution in [2.75, 3.05) is 5.32 Å². The summed E-state index contributed by atoms with van der Waals surface area (Å²) < 4.78 is 0. The monoisotopic (exact) mass is 341 g/mol. The molecule has 1 N–H and O–H groups in total. The second-order valence-electron chi connectivity index (χ2n) is 3.97. The molecule has 2 aromatic carbocycles. The smallest absolute Gasteiger partial charge is 0.287 e. The number of benzene rings is 2. The van der Waals surface area contributed by atoms with Crippen molar-refractivity contribution in [3.8, 4) is 6.07 Å². The highest BCUT2D eigenvalue weighted by molar-refractivity contribution is 6.44. The van der Waals surface area contributed by atoms with Gasteiger partial charge in [-0.15, -0.1) is 0 Å². The third-order valence-electron chi connectivity index (χ3n) is 2.60. The van der Waals surface area contributed by atoms with Gasteiger partial charge < -0.3 is 5.32 Å². The Hall–Kier alpha value is -2.00. The fourth-order valence-corrected chi connectivity index (χ4v) is 2.23. The largest absolute Gasteiger partial charge is 0.354 e. The number of nitro groups is 1. The molecule has 21 heavy (non-hydrogen) atoms. The highest BCUT2D eigenvalue weighted by Gasteiger charge is 2.14. The van der Waals surface area contributed by atoms with Crippen LogP contribution >= 0.6 is 34.8 Å². The number of nitrogens with zero attached hydrogens (tertiary/aromatic N) is 2. The molecule has 106 valence electrons. The van der Waals surface area contributed by atoms with Crippen molar-refractivity contribution in [2.24, 2.45) is 0 Å². The summed E-state index contributed by atoms with van der Waals surface area (Å²) in [7, 11) is 0. The van der Waals surface area contributed by atoms with E-state index in [1.165, 1.54) is 30.3 Å². The second-order valence-corrected chi connectivity index (χ2v) is 5.19. The molecule has 0 bridgehead atoms. The van der Waals surface area contributed by atoms with Crippen LogP contribution in [0.2, 0.25) is 15.1 Å². The lowest BCUT2D eigenvalue weighted by Gasteiger charge is -2.10. The van der Waals surface area contributed by atoms with Crippen LogP contribution in [0.3, 0.4) is 0 Å². The van der Waals surface area contributed by atoms with E-state index in [1.54, 1.807) is 6.07 Å². The standard InChI is InChI=1S/C13H6Cl3N3O2/c14-9-4-11(16)12(5-10(9)15)18-8-1-2-13(19(20)21)7(3-8)6-17/h1-5,18H. The molecule has 0 heterocycles. The van der Waals surface area contributed by atoms with Gasteiger partial charge in [0.2, 0.25) is 0 Å². The van der Waals surface area contributed by atoms with E-state index >= 15 is 0 Å². The maximum absolute atomic E-state index is 10.8. The Bertz CT molecular complexity index is 772. The first-order valence-corrected chi connectivity index (χ1v) is 6.66. The van der Waals surface area contributed by atoms with Crippen LogP contribution in [-0.2, 0) is 0 Å². The SMILES string of the molecule is N#Cc1cc(Nc2cc(Cl)c(Cl)cc2Cl)ccc1[N+](=O)[O-]. The van der Waals surface area contributed by atoms with Crippen molar-refractivity contribution in [2.45, 2.75) is 0 Å². The quantitative estimate of drug-likeness (QED) is 0.474. The Kier molecular flexibility index (Phi) is 4.53. The summed E-state index contributed by atoms with van der Waals surface area (Å²) in [5.41, 5.74) is 0.630. The molecule has 2 aromatic rings. The third-order valence-corrected chi connectivity index (χ3v) is 3.64. The Balaban J connectivity index is 2.39. The Labute approximate surface area is 134 Å². The molecule has 0 saturated carbocycles. The van der Waals surface area contributed by atoms with E-state index in [9.17, 15) is 10.1 Å². The molecule has 2 rings (SSSR count). The summed E-state index contributed by atoms with van der Waals surface area (Å²) in [5, 5.41) is 23.6. The Morgan fingerprint density at radius 3 is 2.38 bits per heavy atom. The van der Waals surface area contributed by atoms with Crippen LogP contribution in [0.25, 0.3) is 0 Å². The number of rotatable bonds is 3. The van der Waals surface area contributed by atoms with Gasteiger partial charge >= 0.3 is 0 Å². The fourth-order valence-electron chi connectivity index (χ4n) is 1.64. The number of halogens is 3. The topological polar surface area (TPSA) is 79.0 Å². The lowest BCUT2D eigenvalue weighted by atomic mass is 10.1. The molecule has 5 nitrogen and oxygen atoms in total. The van der Waals surface area contributed by atoms with Gasteiger partial charge in [-0.25, -0.2) is 0 Å². The first-order valence-electron chi connectivity index (χ1n) is 5.52. The van der Waals surface area contributed by atoms with Gasteiger partial charge in [0.15, 0.2) is 0 Å². The molecule has 0 radical (unpaired) electrons. The normalized spacial score (nSPS) is 10.0. The maximum atomic E-state index is 10.8. The first-order chi connectivity index (χ1) is 9.92. The Morgan fingerprint density at radius 1 is 1.10 bits per heavy atom. The van der Waals surface area contributed by atoms with Crippen molar-refractivity contribution in [1.82, 2.24) is 0 Å². The molecule has 0 aliphatic carbocycles. The van der Waals surface area contributed by atoms with Gasteiger partial charge in [0.25, 0.3) is 5.69 Å². The molecule has 0 atom stereocenters. The average Bonchev–Trinajstić information content (AvgIpc) is 2.44. The number of nitrogens with one attached hydrogen (secondary N) is 1. The zero-order valence-corrected chi connectivity index (χ0v) is 12.5. The second kappa shape index (κ2) is 6.19. The number of hydrogen-bond donors (Lipinski definition) is 1. The average molecular weight is 343 g/mol. The summed E-state index contributed by atoms with van der Waals surface area (Å²) in [6.07, 6.45) is 0. The van der Waals surface area contributed by atoms with Crippen LogP contribution in [0.15, 0.2) is 30.3 Å². The first kappa shape index (κ1) is 15.4. The predicted molar refractivity (Wildman–Crippen MR) is 82.6 cm³/mol. The summed E-state index contributed by atoms with van der Waals surface area (Å²) in [6.45, 7) is 0. The lowest BCUT2D eigenvalue weighted by molar-refractivity contribution is -0.385. The molecular formula is C13H6Cl3N3O2. The molecule has 0 aliphatic heterocycles.